The maximum Gasteiger partial charge on any atom is 0.311 e. The van der Waals surface area contributed by atoms with Crippen LogP contribution in [0.1, 0.15) is 56.1 Å². The first-order valence-electron chi connectivity index (χ1n) is 9.36. The van der Waals surface area contributed by atoms with Gasteiger partial charge in [-0.05, 0) is 70.9 Å². The van der Waals surface area contributed by atoms with Gasteiger partial charge in [-0.25, -0.2) is 4.39 Å². The van der Waals surface area contributed by atoms with Crippen LogP contribution in [0.5, 0.6) is 0 Å². The first-order chi connectivity index (χ1) is 13.0. The Balaban J connectivity index is 2.44. The number of nitrogens with one attached hydrogen (secondary N) is 1. The molecule has 0 atom stereocenters. The van der Waals surface area contributed by atoms with Crippen molar-refractivity contribution >= 4 is 11.9 Å². The maximum absolute atomic E-state index is 14.4. The number of carbonyl (C=O) groups excluding carboxylic acids is 2. The van der Waals surface area contributed by atoms with Crippen molar-refractivity contribution in [1.82, 2.24) is 5.32 Å². The predicted octanol–water partition coefficient (Wildman–Crippen LogP) is 5.03. The van der Waals surface area contributed by atoms with Crippen LogP contribution in [0.2, 0.25) is 0 Å². The van der Waals surface area contributed by atoms with Gasteiger partial charge in [0.05, 0.1) is 5.41 Å². The summed E-state index contributed by atoms with van der Waals surface area (Å²) >= 11 is 0. The van der Waals surface area contributed by atoms with Gasteiger partial charge in [-0.1, -0.05) is 23.8 Å². The summed E-state index contributed by atoms with van der Waals surface area (Å²) in [6.45, 7) is 11.0. The fourth-order valence-corrected chi connectivity index (χ4v) is 2.65. The van der Waals surface area contributed by atoms with E-state index in [9.17, 15) is 14.0 Å². The highest BCUT2D eigenvalue weighted by molar-refractivity contribution is 6.01. The normalized spacial score (nSPS) is 11.4. The second kappa shape index (κ2) is 8.55. The number of rotatable bonds is 5. The second-order valence-corrected chi connectivity index (χ2v) is 8.32. The average molecular weight is 385 g/mol. The van der Waals surface area contributed by atoms with E-state index < -0.39 is 11.2 Å². The molecule has 28 heavy (non-hydrogen) atoms. The Morgan fingerprint density at radius 1 is 1.07 bits per heavy atom. The summed E-state index contributed by atoms with van der Waals surface area (Å²) in [5, 5.41) is 2.85. The SMILES string of the molecule is Cc1ccc(F)c(-c2ccc(COC(=O)C(C)(C)C)cc2C(=O)NC(C)C)c1. The van der Waals surface area contributed by atoms with E-state index in [1.54, 1.807) is 51.1 Å². The smallest absolute Gasteiger partial charge is 0.311 e. The number of aryl methyl sites for hydroxylation is 1. The molecule has 1 amide bonds. The van der Waals surface area contributed by atoms with Gasteiger partial charge >= 0.3 is 5.97 Å². The minimum Gasteiger partial charge on any atom is -0.460 e. The molecule has 0 fully saturated rings. The third-order valence-electron chi connectivity index (χ3n) is 4.14. The van der Waals surface area contributed by atoms with E-state index in [0.717, 1.165) is 5.56 Å². The number of ether oxygens (including phenoxy) is 1. The lowest BCUT2D eigenvalue weighted by atomic mass is 9.95. The molecule has 0 saturated carbocycles. The standard InChI is InChI=1S/C23H28FNO3/c1-14(2)25-21(26)19-12-16(13-28-22(27)23(4,5)6)8-9-17(19)18-11-15(3)7-10-20(18)24/h7-12,14H,13H2,1-6H3,(H,25,26). The molecule has 0 aliphatic carbocycles. The fraction of sp³-hybridized carbons (Fsp3) is 0.391. The zero-order valence-electron chi connectivity index (χ0n) is 17.4. The lowest BCUT2D eigenvalue weighted by Gasteiger charge is -2.18. The lowest BCUT2D eigenvalue weighted by Crippen LogP contribution is -2.30. The van der Waals surface area contributed by atoms with Crippen LogP contribution in [-0.4, -0.2) is 17.9 Å². The molecule has 0 saturated heterocycles. The number of halogens is 1. The highest BCUT2D eigenvalue weighted by Crippen LogP contribution is 2.29. The second-order valence-electron chi connectivity index (χ2n) is 8.32. The zero-order chi connectivity index (χ0) is 21.1. The summed E-state index contributed by atoms with van der Waals surface area (Å²) in [5.41, 5.74) is 2.18. The molecule has 0 spiro atoms. The van der Waals surface area contributed by atoms with E-state index in [1.807, 2.05) is 20.8 Å². The van der Waals surface area contributed by atoms with Crippen LogP contribution >= 0.6 is 0 Å². The minimum atomic E-state index is -0.609. The van der Waals surface area contributed by atoms with E-state index in [4.69, 9.17) is 4.74 Å². The van der Waals surface area contributed by atoms with Gasteiger partial charge in [0.1, 0.15) is 12.4 Å². The molecule has 0 aliphatic rings. The molecule has 0 bridgehead atoms. The third-order valence-corrected chi connectivity index (χ3v) is 4.14. The molecular formula is C23H28FNO3. The molecule has 0 heterocycles. The monoisotopic (exact) mass is 385 g/mol. The molecular weight excluding hydrogens is 357 g/mol. The topological polar surface area (TPSA) is 55.4 Å². The highest BCUT2D eigenvalue weighted by atomic mass is 19.1. The Kier molecular flexibility index (Phi) is 6.60. The average Bonchev–Trinajstić information content (AvgIpc) is 2.60. The molecule has 0 unspecified atom stereocenters. The van der Waals surface area contributed by atoms with Gasteiger partial charge in [-0.2, -0.15) is 0 Å². The number of benzene rings is 2. The molecule has 4 nitrogen and oxygen atoms in total. The zero-order valence-corrected chi connectivity index (χ0v) is 17.4. The van der Waals surface area contributed by atoms with Gasteiger partial charge in [-0.3, -0.25) is 9.59 Å². The molecule has 0 radical (unpaired) electrons. The number of hydrogen-bond donors (Lipinski definition) is 1. The van der Waals surface area contributed by atoms with Crippen molar-refractivity contribution in [2.75, 3.05) is 0 Å². The van der Waals surface area contributed by atoms with Crippen LogP contribution in [0.3, 0.4) is 0 Å². The van der Waals surface area contributed by atoms with Crippen molar-refractivity contribution in [3.63, 3.8) is 0 Å². The Labute approximate surface area is 166 Å². The predicted molar refractivity (Wildman–Crippen MR) is 108 cm³/mol. The number of amides is 1. The molecule has 2 rings (SSSR count). The Bertz CT molecular complexity index is 882. The quantitative estimate of drug-likeness (QED) is 0.735. The molecule has 150 valence electrons. The summed E-state index contributed by atoms with van der Waals surface area (Å²) < 4.78 is 19.8. The van der Waals surface area contributed by atoms with E-state index in [0.29, 0.717) is 22.3 Å². The summed E-state index contributed by atoms with van der Waals surface area (Å²) in [5.74, 6) is -1.01. The third kappa shape index (κ3) is 5.41. The van der Waals surface area contributed by atoms with Crippen LogP contribution in [-0.2, 0) is 16.1 Å². The van der Waals surface area contributed by atoms with Gasteiger partial charge in [0.2, 0.25) is 0 Å². The first kappa shape index (κ1) is 21.6. The number of hydrogen-bond acceptors (Lipinski definition) is 3. The van der Waals surface area contributed by atoms with E-state index in [-0.39, 0.29) is 24.5 Å². The van der Waals surface area contributed by atoms with Crippen molar-refractivity contribution in [2.24, 2.45) is 5.41 Å². The molecule has 2 aromatic rings. The van der Waals surface area contributed by atoms with Crippen molar-refractivity contribution in [3.05, 3.63) is 58.9 Å². The molecule has 1 N–H and O–H groups in total. The van der Waals surface area contributed by atoms with Crippen LogP contribution in [0.4, 0.5) is 4.39 Å². The van der Waals surface area contributed by atoms with Gasteiger partial charge in [0, 0.05) is 17.2 Å². The van der Waals surface area contributed by atoms with Crippen LogP contribution in [0.15, 0.2) is 36.4 Å². The van der Waals surface area contributed by atoms with Gasteiger partial charge in [0.15, 0.2) is 0 Å². The fourth-order valence-electron chi connectivity index (χ4n) is 2.65. The number of esters is 1. The summed E-state index contributed by atoms with van der Waals surface area (Å²) in [6, 6.07) is 9.85. The molecule has 2 aromatic carbocycles. The van der Waals surface area contributed by atoms with Gasteiger partial charge in [0.25, 0.3) is 5.91 Å². The summed E-state index contributed by atoms with van der Waals surface area (Å²) in [4.78, 5) is 24.8. The minimum absolute atomic E-state index is 0.0502. The first-order valence-corrected chi connectivity index (χ1v) is 9.36. The van der Waals surface area contributed by atoms with Gasteiger partial charge in [-0.15, -0.1) is 0 Å². The highest BCUT2D eigenvalue weighted by Gasteiger charge is 2.23. The van der Waals surface area contributed by atoms with E-state index in [1.165, 1.54) is 6.07 Å². The van der Waals surface area contributed by atoms with E-state index in [2.05, 4.69) is 5.32 Å². The molecule has 0 aliphatic heterocycles. The number of carbonyl (C=O) groups is 2. The largest absolute Gasteiger partial charge is 0.460 e. The van der Waals surface area contributed by atoms with Crippen LogP contribution < -0.4 is 5.32 Å². The Morgan fingerprint density at radius 2 is 1.75 bits per heavy atom. The molecule has 5 heteroatoms. The van der Waals surface area contributed by atoms with Crippen molar-refractivity contribution in [3.8, 4) is 11.1 Å². The van der Waals surface area contributed by atoms with Gasteiger partial charge < -0.3 is 10.1 Å². The van der Waals surface area contributed by atoms with E-state index >= 15 is 0 Å². The summed E-state index contributed by atoms with van der Waals surface area (Å²) in [7, 11) is 0. The Morgan fingerprint density at radius 3 is 2.36 bits per heavy atom. The van der Waals surface area contributed by atoms with Crippen molar-refractivity contribution < 1.29 is 18.7 Å². The van der Waals surface area contributed by atoms with Crippen molar-refractivity contribution in [1.29, 1.82) is 0 Å². The van der Waals surface area contributed by atoms with Crippen LogP contribution in [0, 0.1) is 18.2 Å². The molecule has 0 aromatic heterocycles. The van der Waals surface area contributed by atoms with Crippen molar-refractivity contribution in [2.45, 2.75) is 54.2 Å². The lowest BCUT2D eigenvalue weighted by molar-refractivity contribution is -0.154. The Hall–Kier alpha value is -2.69. The van der Waals surface area contributed by atoms with Crippen LogP contribution in [0.25, 0.3) is 11.1 Å². The summed E-state index contributed by atoms with van der Waals surface area (Å²) in [6.07, 6.45) is 0. The maximum atomic E-state index is 14.4.